The summed E-state index contributed by atoms with van der Waals surface area (Å²) in [5.41, 5.74) is 0.789. The summed E-state index contributed by atoms with van der Waals surface area (Å²) in [4.78, 5) is -0.540. The van der Waals surface area contributed by atoms with E-state index in [9.17, 15) is 12.3 Å². The van der Waals surface area contributed by atoms with E-state index in [4.69, 9.17) is 0 Å². The number of hydrogen-bond acceptors (Lipinski definition) is 2. The van der Waals surface area contributed by atoms with Crippen LogP contribution in [0.25, 0.3) is 6.08 Å². The molecule has 4 heteroatoms. The summed E-state index contributed by atoms with van der Waals surface area (Å²) in [5.74, 6) is 0. The molecule has 0 aliphatic carbocycles. The Balaban J connectivity index is 2.81. The fraction of sp³-hybridized carbons (Fsp3) is 0. The van der Waals surface area contributed by atoms with Crippen LogP contribution in [0.15, 0.2) is 47.9 Å². The highest BCUT2D eigenvalue weighted by Crippen LogP contribution is 2.10. The van der Waals surface area contributed by atoms with E-state index < -0.39 is 15.1 Å². The monoisotopic (exact) mass is 212 g/mol. The second-order valence-corrected chi connectivity index (χ2v) is 4.05. The van der Waals surface area contributed by atoms with E-state index >= 15 is 0 Å². The van der Waals surface area contributed by atoms with Crippen molar-refractivity contribution in [3.05, 3.63) is 53.5 Å². The van der Waals surface area contributed by atoms with Crippen molar-refractivity contribution in [1.82, 2.24) is 0 Å². The summed E-state index contributed by atoms with van der Waals surface area (Å²) in [6, 6.07) is 8.97. The van der Waals surface area contributed by atoms with Crippen LogP contribution < -0.4 is 0 Å². The second-order valence-electron chi connectivity index (χ2n) is 2.65. The zero-order chi connectivity index (χ0) is 10.6. The molecule has 0 amide bonds. The van der Waals surface area contributed by atoms with Gasteiger partial charge in [0.15, 0.2) is 0 Å². The molecule has 0 saturated heterocycles. The van der Waals surface area contributed by atoms with Gasteiger partial charge in [-0.1, -0.05) is 43.0 Å². The maximum Gasteiger partial charge on any atom is 0.331 e. The van der Waals surface area contributed by atoms with Crippen LogP contribution in [0.3, 0.4) is 0 Å². The Kier molecular flexibility index (Phi) is 3.19. The molecule has 74 valence electrons. The summed E-state index contributed by atoms with van der Waals surface area (Å²) < 4.78 is 33.0. The largest absolute Gasteiger partial charge is 0.331 e. The lowest BCUT2D eigenvalue weighted by atomic mass is 10.2. The topological polar surface area (TPSA) is 34.1 Å². The van der Waals surface area contributed by atoms with E-state index in [1.54, 1.807) is 24.3 Å². The lowest BCUT2D eigenvalue weighted by Crippen LogP contribution is -1.90. The van der Waals surface area contributed by atoms with Crippen LogP contribution in [0.4, 0.5) is 3.89 Å². The van der Waals surface area contributed by atoms with Crippen LogP contribution >= 0.6 is 0 Å². The Morgan fingerprint density at radius 1 is 1.29 bits per heavy atom. The van der Waals surface area contributed by atoms with Gasteiger partial charge in [0, 0.05) is 0 Å². The Morgan fingerprint density at radius 3 is 2.36 bits per heavy atom. The van der Waals surface area contributed by atoms with E-state index in [0.29, 0.717) is 0 Å². The van der Waals surface area contributed by atoms with Gasteiger partial charge in [0.2, 0.25) is 0 Å². The van der Waals surface area contributed by atoms with Crippen molar-refractivity contribution in [2.45, 2.75) is 0 Å². The highest BCUT2D eigenvalue weighted by atomic mass is 32.3. The van der Waals surface area contributed by atoms with E-state index in [-0.39, 0.29) is 0 Å². The van der Waals surface area contributed by atoms with Gasteiger partial charge < -0.3 is 0 Å². The molecule has 0 aliphatic rings. The SMILES string of the molecule is C=C(C=Cc1ccccc1)S(=O)(=O)F. The van der Waals surface area contributed by atoms with Crippen LogP contribution in [0.5, 0.6) is 0 Å². The highest BCUT2D eigenvalue weighted by Gasteiger charge is 2.08. The third-order valence-electron chi connectivity index (χ3n) is 1.57. The van der Waals surface area contributed by atoms with Crippen LogP contribution in [-0.4, -0.2) is 8.42 Å². The molecule has 0 spiro atoms. The van der Waals surface area contributed by atoms with Crippen LogP contribution in [0.2, 0.25) is 0 Å². The lowest BCUT2D eigenvalue weighted by Gasteiger charge is -1.92. The number of halogens is 1. The van der Waals surface area contributed by atoms with Gasteiger partial charge in [-0.25, -0.2) is 0 Å². The molecule has 0 heterocycles. The van der Waals surface area contributed by atoms with Crippen molar-refractivity contribution in [2.75, 3.05) is 0 Å². The second kappa shape index (κ2) is 4.19. The third kappa shape index (κ3) is 3.14. The first-order valence-corrected chi connectivity index (χ1v) is 5.25. The van der Waals surface area contributed by atoms with Gasteiger partial charge in [0.05, 0.1) is 4.91 Å². The summed E-state index contributed by atoms with van der Waals surface area (Å²) in [6.45, 7) is 3.09. The summed E-state index contributed by atoms with van der Waals surface area (Å²) >= 11 is 0. The van der Waals surface area contributed by atoms with Gasteiger partial charge in [-0.2, -0.15) is 8.42 Å². The zero-order valence-electron chi connectivity index (χ0n) is 7.35. The van der Waals surface area contributed by atoms with Gasteiger partial charge in [0.1, 0.15) is 0 Å². The quantitative estimate of drug-likeness (QED) is 0.570. The number of benzene rings is 1. The van der Waals surface area contributed by atoms with Crippen molar-refractivity contribution in [3.8, 4) is 0 Å². The fourth-order valence-corrected chi connectivity index (χ4v) is 1.07. The molecule has 0 fully saturated rings. The molecule has 1 aromatic rings. The first kappa shape index (κ1) is 10.7. The molecule has 0 unspecified atom stereocenters. The predicted octanol–water partition coefficient (Wildman–Crippen LogP) is 2.51. The summed E-state index contributed by atoms with van der Waals surface area (Å²) in [6.07, 6.45) is 2.62. The van der Waals surface area contributed by atoms with Crippen molar-refractivity contribution < 1.29 is 12.3 Å². The summed E-state index contributed by atoms with van der Waals surface area (Å²) in [5, 5.41) is 0. The highest BCUT2D eigenvalue weighted by molar-refractivity contribution is 7.90. The molecule has 1 aromatic carbocycles. The minimum Gasteiger partial charge on any atom is -0.189 e. The van der Waals surface area contributed by atoms with Crippen LogP contribution in [0, 0.1) is 0 Å². The standard InChI is InChI=1S/C10H9FO2S/c1-9(14(11,12)13)7-8-10-5-3-2-4-6-10/h2-8H,1H2. The molecule has 0 saturated carbocycles. The normalized spacial score (nSPS) is 11.8. The fourth-order valence-electron chi connectivity index (χ4n) is 0.835. The Hall–Kier alpha value is -1.42. The van der Waals surface area contributed by atoms with Gasteiger partial charge in [0.25, 0.3) is 0 Å². The molecule has 2 nitrogen and oxygen atoms in total. The number of hydrogen-bond donors (Lipinski definition) is 0. The van der Waals surface area contributed by atoms with Crippen molar-refractivity contribution in [1.29, 1.82) is 0 Å². The Bertz CT molecular complexity index is 446. The summed E-state index contributed by atoms with van der Waals surface area (Å²) in [7, 11) is -4.65. The van der Waals surface area contributed by atoms with Crippen molar-refractivity contribution in [3.63, 3.8) is 0 Å². The Labute approximate surface area is 82.6 Å². The average Bonchev–Trinajstić information content (AvgIpc) is 2.14. The molecule has 0 aromatic heterocycles. The maximum atomic E-state index is 12.3. The smallest absolute Gasteiger partial charge is 0.189 e. The Morgan fingerprint density at radius 2 is 1.86 bits per heavy atom. The van der Waals surface area contributed by atoms with E-state index in [1.807, 2.05) is 6.07 Å². The molecule has 0 N–H and O–H groups in total. The zero-order valence-corrected chi connectivity index (χ0v) is 8.17. The van der Waals surface area contributed by atoms with Crippen molar-refractivity contribution >= 4 is 16.3 Å². The van der Waals surface area contributed by atoms with E-state index in [1.165, 1.54) is 6.08 Å². The first-order valence-electron chi connectivity index (χ1n) is 3.87. The lowest BCUT2D eigenvalue weighted by molar-refractivity contribution is 0.561. The van der Waals surface area contributed by atoms with Crippen LogP contribution in [-0.2, 0) is 10.2 Å². The first-order chi connectivity index (χ1) is 6.50. The van der Waals surface area contributed by atoms with Gasteiger partial charge >= 0.3 is 10.2 Å². The van der Waals surface area contributed by atoms with Crippen LogP contribution in [0.1, 0.15) is 5.56 Å². The average molecular weight is 212 g/mol. The molecule has 0 bridgehead atoms. The van der Waals surface area contributed by atoms with E-state index in [2.05, 4.69) is 6.58 Å². The maximum absolute atomic E-state index is 12.3. The van der Waals surface area contributed by atoms with E-state index in [0.717, 1.165) is 11.6 Å². The van der Waals surface area contributed by atoms with Gasteiger partial charge in [-0.05, 0) is 11.6 Å². The third-order valence-corrected chi connectivity index (χ3v) is 2.34. The number of rotatable bonds is 3. The van der Waals surface area contributed by atoms with Gasteiger partial charge in [-0.15, -0.1) is 3.89 Å². The molecule has 0 radical (unpaired) electrons. The predicted molar refractivity (Wildman–Crippen MR) is 54.6 cm³/mol. The molecular formula is C10H9FO2S. The minimum absolute atomic E-state index is 0.540. The van der Waals surface area contributed by atoms with Gasteiger partial charge in [-0.3, -0.25) is 0 Å². The molecular weight excluding hydrogens is 203 g/mol. The minimum atomic E-state index is -4.65. The molecule has 0 atom stereocenters. The molecule has 14 heavy (non-hydrogen) atoms. The van der Waals surface area contributed by atoms with Crippen molar-refractivity contribution in [2.24, 2.45) is 0 Å². The molecule has 0 aliphatic heterocycles. The number of allylic oxidation sites excluding steroid dienone is 1. The molecule has 1 rings (SSSR count).